The van der Waals surface area contributed by atoms with E-state index in [4.69, 9.17) is 16.3 Å². The molecule has 2 rings (SSSR count). The van der Waals surface area contributed by atoms with Crippen molar-refractivity contribution in [3.05, 3.63) is 28.3 Å². The summed E-state index contributed by atoms with van der Waals surface area (Å²) < 4.78 is 45.4. The Morgan fingerprint density at radius 1 is 1.40 bits per heavy atom. The number of ketones is 1. The summed E-state index contributed by atoms with van der Waals surface area (Å²) in [4.78, 5) is 11.6. The molecule has 3 nitrogen and oxygen atoms in total. The molecule has 1 aliphatic heterocycles. The molecule has 0 spiro atoms. The third kappa shape index (κ3) is 4.11. The molecule has 1 aromatic rings. The van der Waals surface area contributed by atoms with Gasteiger partial charge in [0, 0.05) is 23.4 Å². The summed E-state index contributed by atoms with van der Waals surface area (Å²) in [6, 6.07) is 3.35. The lowest BCUT2D eigenvalue weighted by molar-refractivity contribution is -0.175. The molecule has 0 bridgehead atoms. The van der Waals surface area contributed by atoms with E-state index in [1.807, 2.05) is 0 Å². The first-order chi connectivity index (χ1) is 9.35. The van der Waals surface area contributed by atoms with Crippen molar-refractivity contribution in [1.29, 1.82) is 0 Å². The van der Waals surface area contributed by atoms with Crippen LogP contribution in [0.1, 0.15) is 11.1 Å². The van der Waals surface area contributed by atoms with E-state index in [1.165, 1.54) is 0 Å². The molecule has 0 fully saturated rings. The number of rotatable bonds is 5. The number of carbonyl (C=O) groups excluding carboxylic acids is 1. The molecule has 110 valence electrons. The maximum Gasteiger partial charge on any atom is 0.411 e. The van der Waals surface area contributed by atoms with Crippen molar-refractivity contribution in [3.8, 4) is 5.75 Å². The van der Waals surface area contributed by atoms with Crippen molar-refractivity contribution in [1.82, 2.24) is 0 Å². The van der Waals surface area contributed by atoms with E-state index >= 15 is 0 Å². The predicted molar refractivity (Wildman–Crippen MR) is 66.2 cm³/mol. The highest BCUT2D eigenvalue weighted by Crippen LogP contribution is 2.33. The summed E-state index contributed by atoms with van der Waals surface area (Å²) in [5.74, 6) is 0.160. The number of halogens is 4. The van der Waals surface area contributed by atoms with Gasteiger partial charge in [0.1, 0.15) is 19.0 Å². The highest BCUT2D eigenvalue weighted by Gasteiger charge is 2.28. The minimum Gasteiger partial charge on any atom is -0.493 e. The van der Waals surface area contributed by atoms with E-state index in [2.05, 4.69) is 4.74 Å². The normalized spacial score (nSPS) is 14.0. The Labute approximate surface area is 118 Å². The molecule has 0 unspecified atom stereocenters. The zero-order valence-electron chi connectivity index (χ0n) is 10.4. The van der Waals surface area contributed by atoms with E-state index < -0.39 is 25.2 Å². The van der Waals surface area contributed by atoms with Crippen LogP contribution in [0.2, 0.25) is 5.02 Å². The Balaban J connectivity index is 1.95. The van der Waals surface area contributed by atoms with Crippen LogP contribution in [-0.2, 0) is 22.4 Å². The summed E-state index contributed by atoms with van der Waals surface area (Å²) in [5.41, 5.74) is 1.50. The second kappa shape index (κ2) is 6.01. The lowest BCUT2D eigenvalue weighted by Crippen LogP contribution is -2.21. The van der Waals surface area contributed by atoms with Crippen molar-refractivity contribution in [2.75, 3.05) is 19.8 Å². The van der Waals surface area contributed by atoms with Gasteiger partial charge in [0.05, 0.1) is 6.61 Å². The molecular weight excluding hydrogens is 297 g/mol. The molecule has 0 amide bonds. The van der Waals surface area contributed by atoms with Crippen LogP contribution in [0.3, 0.4) is 0 Å². The van der Waals surface area contributed by atoms with E-state index in [-0.39, 0.29) is 6.42 Å². The van der Waals surface area contributed by atoms with Gasteiger partial charge < -0.3 is 9.47 Å². The summed E-state index contributed by atoms with van der Waals surface area (Å²) in [6.07, 6.45) is -3.77. The number of alkyl halides is 3. The van der Waals surface area contributed by atoms with E-state index in [9.17, 15) is 18.0 Å². The van der Waals surface area contributed by atoms with Crippen LogP contribution < -0.4 is 4.74 Å². The second-order valence-electron chi connectivity index (χ2n) is 4.48. The van der Waals surface area contributed by atoms with Crippen molar-refractivity contribution in [2.45, 2.75) is 19.0 Å². The van der Waals surface area contributed by atoms with Crippen molar-refractivity contribution >= 4 is 17.4 Å². The maximum atomic E-state index is 11.9. The average Bonchev–Trinajstić information content (AvgIpc) is 2.74. The summed E-state index contributed by atoms with van der Waals surface area (Å²) >= 11 is 5.93. The van der Waals surface area contributed by atoms with Crippen LogP contribution in [0.25, 0.3) is 0 Å². The van der Waals surface area contributed by atoms with Crippen LogP contribution in [0.15, 0.2) is 12.1 Å². The van der Waals surface area contributed by atoms with Gasteiger partial charge in [0.2, 0.25) is 0 Å². The monoisotopic (exact) mass is 308 g/mol. The smallest absolute Gasteiger partial charge is 0.411 e. The lowest BCUT2D eigenvalue weighted by Gasteiger charge is -2.09. The Bertz CT molecular complexity index is 514. The van der Waals surface area contributed by atoms with Crippen LogP contribution in [0.5, 0.6) is 5.75 Å². The molecule has 0 N–H and O–H groups in total. The second-order valence-corrected chi connectivity index (χ2v) is 4.91. The van der Waals surface area contributed by atoms with Crippen LogP contribution in [0.4, 0.5) is 13.2 Å². The SMILES string of the molecule is O=C(COCC(F)(F)F)Cc1cc(Cl)cc2c1OCC2. The molecular formula is C13H12ClF3O3. The molecule has 0 aromatic heterocycles. The number of ether oxygens (including phenoxy) is 2. The number of fused-ring (bicyclic) bond motifs is 1. The van der Waals surface area contributed by atoms with Crippen LogP contribution >= 0.6 is 11.6 Å². The summed E-state index contributed by atoms with van der Waals surface area (Å²) in [7, 11) is 0. The molecule has 1 heterocycles. The molecule has 0 aliphatic carbocycles. The quantitative estimate of drug-likeness (QED) is 0.839. The van der Waals surface area contributed by atoms with Gasteiger partial charge in [-0.1, -0.05) is 11.6 Å². The van der Waals surface area contributed by atoms with Gasteiger partial charge in [-0.05, 0) is 17.7 Å². The maximum absolute atomic E-state index is 11.9. The van der Waals surface area contributed by atoms with Gasteiger partial charge in [0.25, 0.3) is 0 Å². The third-order valence-corrected chi connectivity index (χ3v) is 2.96. The van der Waals surface area contributed by atoms with Gasteiger partial charge in [-0.15, -0.1) is 0 Å². The molecule has 7 heteroatoms. The topological polar surface area (TPSA) is 35.5 Å². The van der Waals surface area contributed by atoms with Crippen LogP contribution in [0, 0.1) is 0 Å². The van der Waals surface area contributed by atoms with Gasteiger partial charge in [0.15, 0.2) is 5.78 Å². The van der Waals surface area contributed by atoms with E-state index in [0.717, 1.165) is 5.56 Å². The minimum atomic E-state index is -4.43. The van der Waals surface area contributed by atoms with Gasteiger partial charge >= 0.3 is 6.18 Å². The number of hydrogen-bond donors (Lipinski definition) is 0. The highest BCUT2D eigenvalue weighted by atomic mass is 35.5. The predicted octanol–water partition coefficient (Wildman–Crippen LogP) is 2.97. The minimum absolute atomic E-state index is 0.0548. The van der Waals surface area contributed by atoms with Gasteiger partial charge in [-0.3, -0.25) is 4.79 Å². The van der Waals surface area contributed by atoms with Crippen molar-refractivity contribution in [2.24, 2.45) is 0 Å². The number of hydrogen-bond acceptors (Lipinski definition) is 3. The van der Waals surface area contributed by atoms with Gasteiger partial charge in [-0.25, -0.2) is 0 Å². The zero-order valence-corrected chi connectivity index (χ0v) is 11.2. The first-order valence-electron chi connectivity index (χ1n) is 5.95. The molecule has 1 aromatic carbocycles. The van der Waals surface area contributed by atoms with Gasteiger partial charge in [-0.2, -0.15) is 13.2 Å². The first-order valence-corrected chi connectivity index (χ1v) is 6.33. The molecule has 0 atom stereocenters. The largest absolute Gasteiger partial charge is 0.493 e. The highest BCUT2D eigenvalue weighted by molar-refractivity contribution is 6.30. The standard InChI is InChI=1S/C13H12ClF3O3/c14-10-3-8-1-2-20-12(8)9(4-10)5-11(18)6-19-7-13(15,16)17/h3-4H,1-2,5-7H2. The zero-order chi connectivity index (χ0) is 14.8. The molecule has 0 radical (unpaired) electrons. The Morgan fingerprint density at radius 3 is 2.85 bits per heavy atom. The van der Waals surface area contributed by atoms with E-state index in [0.29, 0.717) is 29.4 Å². The van der Waals surface area contributed by atoms with Crippen molar-refractivity contribution in [3.63, 3.8) is 0 Å². The fraction of sp³-hybridized carbons (Fsp3) is 0.462. The summed E-state index contributed by atoms with van der Waals surface area (Å²) in [6.45, 7) is -1.49. The number of benzene rings is 1. The fourth-order valence-electron chi connectivity index (χ4n) is 2.02. The number of Topliss-reactive ketones (excluding diaryl/α,β-unsaturated/α-hetero) is 1. The average molecular weight is 309 g/mol. The van der Waals surface area contributed by atoms with E-state index in [1.54, 1.807) is 12.1 Å². The lowest BCUT2D eigenvalue weighted by atomic mass is 10.0. The molecule has 1 aliphatic rings. The van der Waals surface area contributed by atoms with Crippen LogP contribution in [-0.4, -0.2) is 31.8 Å². The Morgan fingerprint density at radius 2 is 2.15 bits per heavy atom. The molecule has 0 saturated heterocycles. The first kappa shape index (κ1) is 15.1. The Hall–Kier alpha value is -1.27. The Kier molecular flexibility index (Phi) is 4.55. The fourth-order valence-corrected chi connectivity index (χ4v) is 2.28. The molecule has 20 heavy (non-hydrogen) atoms. The van der Waals surface area contributed by atoms with Crippen molar-refractivity contribution < 1.29 is 27.4 Å². The third-order valence-electron chi connectivity index (χ3n) is 2.74. The molecule has 0 saturated carbocycles. The summed E-state index contributed by atoms with van der Waals surface area (Å²) in [5, 5.41) is 0.480. The number of carbonyl (C=O) groups is 1.